The Balaban J connectivity index is 1.52. The lowest BCUT2D eigenvalue weighted by molar-refractivity contribution is 0.243. The Hall–Kier alpha value is -2.51. The lowest BCUT2D eigenvalue weighted by atomic mass is 10.1. The molecule has 1 aliphatic rings. The van der Waals surface area contributed by atoms with E-state index in [0.29, 0.717) is 12.4 Å². The lowest BCUT2D eigenvalue weighted by Crippen LogP contribution is -2.35. The number of hydrogen-bond acceptors (Lipinski definition) is 6. The molecule has 0 unspecified atom stereocenters. The van der Waals surface area contributed by atoms with Crippen LogP contribution in [0.5, 0.6) is 5.75 Å². The molecule has 0 saturated carbocycles. The second-order valence-corrected chi connectivity index (χ2v) is 7.48. The maximum absolute atomic E-state index is 12.2. The summed E-state index contributed by atoms with van der Waals surface area (Å²) < 4.78 is 5.43. The number of nitrogens with one attached hydrogen (secondary N) is 1. The molecule has 0 amide bonds. The second-order valence-electron chi connectivity index (χ2n) is 6.37. The van der Waals surface area contributed by atoms with Gasteiger partial charge in [-0.3, -0.25) is 9.69 Å². The number of aromatic nitrogens is 3. The highest BCUT2D eigenvalue weighted by atomic mass is 32.1. The van der Waals surface area contributed by atoms with Crippen LogP contribution in [0.4, 0.5) is 0 Å². The largest absolute Gasteiger partial charge is 0.496 e. The normalized spacial score (nSPS) is 14.2. The number of methoxy groups -OCH3 is 1. The van der Waals surface area contributed by atoms with Gasteiger partial charge in [0, 0.05) is 37.1 Å². The number of ether oxygens (including phenoxy) is 1. The van der Waals surface area contributed by atoms with Gasteiger partial charge in [0.2, 0.25) is 0 Å². The van der Waals surface area contributed by atoms with Crippen molar-refractivity contribution in [3.63, 3.8) is 0 Å². The Kier molecular flexibility index (Phi) is 4.57. The van der Waals surface area contributed by atoms with Crippen molar-refractivity contribution in [1.82, 2.24) is 19.9 Å². The average molecular weight is 368 g/mol. The Morgan fingerprint density at radius 3 is 3.04 bits per heavy atom. The molecule has 0 atom stereocenters. The highest BCUT2D eigenvalue weighted by Gasteiger charge is 2.21. The minimum Gasteiger partial charge on any atom is -0.496 e. The number of aromatic amines is 1. The summed E-state index contributed by atoms with van der Waals surface area (Å²) in [5.74, 6) is 1.51. The van der Waals surface area contributed by atoms with Crippen LogP contribution < -0.4 is 10.3 Å². The summed E-state index contributed by atoms with van der Waals surface area (Å²) >= 11 is 1.66. The maximum atomic E-state index is 12.2. The van der Waals surface area contributed by atoms with E-state index in [1.54, 1.807) is 18.4 Å². The number of fused-ring (bicyclic) bond motifs is 1. The smallest absolute Gasteiger partial charge is 0.255 e. The molecule has 1 aromatic carbocycles. The molecular weight excluding hydrogens is 348 g/mol. The lowest BCUT2D eigenvalue weighted by Gasteiger charge is -2.26. The first kappa shape index (κ1) is 16.9. The summed E-state index contributed by atoms with van der Waals surface area (Å²) in [7, 11) is 1.67. The van der Waals surface area contributed by atoms with E-state index in [1.807, 2.05) is 37.4 Å². The SMILES string of the molecule is COc1ccccc1-c1ncc(CN2CCc3nc(C)[nH]c(=O)c3C2)s1. The van der Waals surface area contributed by atoms with Crippen LogP contribution in [0.25, 0.3) is 10.6 Å². The van der Waals surface area contributed by atoms with Crippen molar-refractivity contribution in [1.29, 1.82) is 0 Å². The van der Waals surface area contributed by atoms with Crippen molar-refractivity contribution < 1.29 is 4.74 Å². The van der Waals surface area contributed by atoms with E-state index in [-0.39, 0.29) is 5.56 Å². The molecule has 7 heteroatoms. The molecule has 6 nitrogen and oxygen atoms in total. The van der Waals surface area contributed by atoms with Crippen LogP contribution in [0, 0.1) is 6.92 Å². The van der Waals surface area contributed by atoms with E-state index in [9.17, 15) is 4.79 Å². The number of H-pyrrole nitrogens is 1. The standard InChI is InChI=1S/C19H20N4O2S/c1-12-21-16-7-8-23(11-15(16)18(24)22-12)10-13-9-20-19(26-13)14-5-3-4-6-17(14)25-2/h3-6,9H,7-8,10-11H2,1-2H3,(H,21,22,24). The quantitative estimate of drug-likeness (QED) is 0.767. The van der Waals surface area contributed by atoms with Gasteiger partial charge in [-0.2, -0.15) is 0 Å². The predicted octanol–water partition coefficient (Wildman–Crippen LogP) is 2.77. The monoisotopic (exact) mass is 368 g/mol. The summed E-state index contributed by atoms with van der Waals surface area (Å²) in [5, 5.41) is 0.949. The zero-order chi connectivity index (χ0) is 18.1. The third kappa shape index (κ3) is 3.27. The molecule has 4 rings (SSSR count). The molecule has 3 heterocycles. The van der Waals surface area contributed by atoms with Crippen LogP contribution in [0.1, 0.15) is 22.0 Å². The first-order chi connectivity index (χ1) is 12.6. The number of thiazole rings is 1. The van der Waals surface area contributed by atoms with Gasteiger partial charge in [0.15, 0.2) is 0 Å². The third-order valence-corrected chi connectivity index (χ3v) is 5.55. The molecule has 0 fully saturated rings. The summed E-state index contributed by atoms with van der Waals surface area (Å²) in [6.45, 7) is 4.12. The fraction of sp³-hybridized carbons (Fsp3) is 0.316. The Bertz CT molecular complexity index is 995. The minimum absolute atomic E-state index is 0.0174. The van der Waals surface area contributed by atoms with Crippen molar-refractivity contribution in [3.8, 4) is 16.3 Å². The molecule has 0 aliphatic carbocycles. The van der Waals surface area contributed by atoms with E-state index in [2.05, 4.69) is 19.9 Å². The molecule has 0 saturated heterocycles. The predicted molar refractivity (Wildman–Crippen MR) is 102 cm³/mol. The summed E-state index contributed by atoms with van der Waals surface area (Å²) in [5.41, 5.74) is 2.71. The number of benzene rings is 1. The van der Waals surface area contributed by atoms with Crippen LogP contribution in [0.15, 0.2) is 35.3 Å². The molecule has 1 aliphatic heterocycles. The van der Waals surface area contributed by atoms with Gasteiger partial charge in [0.1, 0.15) is 16.6 Å². The van der Waals surface area contributed by atoms with Crippen molar-refractivity contribution in [3.05, 3.63) is 62.8 Å². The Morgan fingerprint density at radius 2 is 2.19 bits per heavy atom. The van der Waals surface area contributed by atoms with Crippen molar-refractivity contribution in [2.24, 2.45) is 0 Å². The highest BCUT2D eigenvalue weighted by molar-refractivity contribution is 7.15. The number of nitrogens with zero attached hydrogens (tertiary/aromatic N) is 3. The van der Waals surface area contributed by atoms with E-state index in [4.69, 9.17) is 4.74 Å². The molecule has 1 N–H and O–H groups in total. The van der Waals surface area contributed by atoms with Gasteiger partial charge in [-0.1, -0.05) is 12.1 Å². The molecule has 0 radical (unpaired) electrons. The van der Waals surface area contributed by atoms with E-state index in [1.165, 1.54) is 4.88 Å². The van der Waals surface area contributed by atoms with Gasteiger partial charge < -0.3 is 9.72 Å². The van der Waals surface area contributed by atoms with Gasteiger partial charge in [-0.15, -0.1) is 11.3 Å². The van der Waals surface area contributed by atoms with E-state index < -0.39 is 0 Å². The second kappa shape index (κ2) is 7.01. The van der Waals surface area contributed by atoms with Gasteiger partial charge in [-0.05, 0) is 19.1 Å². The number of aryl methyl sites for hydroxylation is 1. The summed E-state index contributed by atoms with van der Waals surface area (Å²) in [6.07, 6.45) is 2.72. The minimum atomic E-state index is -0.0174. The fourth-order valence-electron chi connectivity index (χ4n) is 3.29. The molecule has 0 bridgehead atoms. The van der Waals surface area contributed by atoms with Gasteiger partial charge in [0.25, 0.3) is 5.56 Å². The third-order valence-electron chi connectivity index (χ3n) is 4.54. The zero-order valence-electron chi connectivity index (χ0n) is 14.8. The number of hydrogen-bond donors (Lipinski definition) is 1. The van der Waals surface area contributed by atoms with Gasteiger partial charge >= 0.3 is 0 Å². The summed E-state index contributed by atoms with van der Waals surface area (Å²) in [4.78, 5) is 27.5. The van der Waals surface area contributed by atoms with E-state index in [0.717, 1.165) is 47.1 Å². The van der Waals surface area contributed by atoms with Gasteiger partial charge in [-0.25, -0.2) is 9.97 Å². The maximum Gasteiger partial charge on any atom is 0.255 e. The Morgan fingerprint density at radius 1 is 1.35 bits per heavy atom. The van der Waals surface area contributed by atoms with Crippen molar-refractivity contribution in [2.75, 3.05) is 13.7 Å². The molecule has 26 heavy (non-hydrogen) atoms. The molecule has 3 aromatic rings. The van der Waals surface area contributed by atoms with Crippen LogP contribution in [-0.4, -0.2) is 33.5 Å². The van der Waals surface area contributed by atoms with Crippen LogP contribution in [0.3, 0.4) is 0 Å². The number of rotatable bonds is 4. The highest BCUT2D eigenvalue weighted by Crippen LogP contribution is 2.33. The average Bonchev–Trinajstić information content (AvgIpc) is 3.10. The molecular formula is C19H20N4O2S. The van der Waals surface area contributed by atoms with Crippen LogP contribution in [-0.2, 0) is 19.5 Å². The summed E-state index contributed by atoms with van der Waals surface area (Å²) in [6, 6.07) is 7.91. The van der Waals surface area contributed by atoms with Crippen LogP contribution >= 0.6 is 11.3 Å². The molecule has 0 spiro atoms. The van der Waals surface area contributed by atoms with Crippen molar-refractivity contribution in [2.45, 2.75) is 26.4 Å². The van der Waals surface area contributed by atoms with Crippen LogP contribution in [0.2, 0.25) is 0 Å². The molecule has 2 aromatic heterocycles. The number of para-hydroxylation sites is 1. The Labute approximate surface area is 155 Å². The van der Waals surface area contributed by atoms with Crippen molar-refractivity contribution >= 4 is 11.3 Å². The zero-order valence-corrected chi connectivity index (χ0v) is 15.6. The van der Waals surface area contributed by atoms with Gasteiger partial charge in [0.05, 0.1) is 23.9 Å². The van der Waals surface area contributed by atoms with E-state index >= 15 is 0 Å². The first-order valence-corrected chi connectivity index (χ1v) is 9.35. The first-order valence-electron chi connectivity index (χ1n) is 8.53. The fourth-order valence-corrected chi connectivity index (χ4v) is 4.27. The topological polar surface area (TPSA) is 71.1 Å². The molecule has 134 valence electrons.